The van der Waals surface area contributed by atoms with Crippen LogP contribution in [-0.4, -0.2) is 26.4 Å². The van der Waals surface area contributed by atoms with Crippen LogP contribution in [0.1, 0.15) is 31.4 Å². The Kier molecular flexibility index (Phi) is 4.55. The van der Waals surface area contributed by atoms with E-state index in [1.807, 2.05) is 14.0 Å². The minimum atomic E-state index is -0.270. The van der Waals surface area contributed by atoms with Crippen LogP contribution < -0.4 is 10.1 Å². The molecule has 0 aliphatic carbocycles. The van der Waals surface area contributed by atoms with Gasteiger partial charge >= 0.3 is 0 Å². The van der Waals surface area contributed by atoms with Crippen LogP contribution in [-0.2, 0) is 4.74 Å². The molecule has 4 heteroatoms. The van der Waals surface area contributed by atoms with Gasteiger partial charge in [0.15, 0.2) is 0 Å². The molecule has 0 saturated carbocycles. The zero-order valence-corrected chi connectivity index (χ0v) is 10.9. The lowest BCUT2D eigenvalue weighted by Gasteiger charge is -2.25. The number of nitrogens with one attached hydrogen (secondary N) is 1. The summed E-state index contributed by atoms with van der Waals surface area (Å²) in [4.78, 5) is 0. The van der Waals surface area contributed by atoms with Gasteiger partial charge in [0, 0.05) is 24.3 Å². The molecule has 1 aromatic rings. The molecule has 1 saturated heterocycles. The first-order valence-electron chi connectivity index (χ1n) is 6.42. The van der Waals surface area contributed by atoms with Crippen molar-refractivity contribution < 1.29 is 13.9 Å². The molecule has 100 valence electrons. The molecule has 2 rings (SSSR count). The Balaban J connectivity index is 2.15. The largest absolute Gasteiger partial charge is 0.488 e. The van der Waals surface area contributed by atoms with Crippen molar-refractivity contribution in [2.45, 2.75) is 31.9 Å². The van der Waals surface area contributed by atoms with E-state index in [9.17, 15) is 4.39 Å². The number of hydrogen-bond donors (Lipinski definition) is 1. The van der Waals surface area contributed by atoms with Gasteiger partial charge in [-0.3, -0.25) is 0 Å². The summed E-state index contributed by atoms with van der Waals surface area (Å²) in [7, 11) is 1.88. The molecule has 0 spiro atoms. The lowest BCUT2D eigenvalue weighted by atomic mass is 10.1. The van der Waals surface area contributed by atoms with Gasteiger partial charge < -0.3 is 14.8 Å². The Morgan fingerprint density at radius 1 is 1.50 bits per heavy atom. The molecule has 1 aromatic carbocycles. The summed E-state index contributed by atoms with van der Waals surface area (Å²) >= 11 is 0. The monoisotopic (exact) mass is 253 g/mol. The minimum Gasteiger partial charge on any atom is -0.488 e. The number of hydrogen-bond acceptors (Lipinski definition) is 3. The molecule has 0 aromatic heterocycles. The molecule has 3 nitrogen and oxygen atoms in total. The molecule has 0 amide bonds. The summed E-state index contributed by atoms with van der Waals surface area (Å²) in [5.41, 5.74) is 0.976. The van der Waals surface area contributed by atoms with Crippen molar-refractivity contribution in [1.29, 1.82) is 0 Å². The highest BCUT2D eigenvalue weighted by atomic mass is 19.1. The third kappa shape index (κ3) is 3.21. The van der Waals surface area contributed by atoms with Gasteiger partial charge in [0.1, 0.15) is 17.7 Å². The van der Waals surface area contributed by atoms with Gasteiger partial charge in [-0.2, -0.15) is 0 Å². The van der Waals surface area contributed by atoms with Crippen LogP contribution in [0.25, 0.3) is 0 Å². The molecular formula is C14H20FNO2. The normalized spacial score (nSPS) is 21.6. The Labute approximate surface area is 107 Å². The second kappa shape index (κ2) is 6.16. The molecule has 1 fully saturated rings. The van der Waals surface area contributed by atoms with Crippen LogP contribution in [0.15, 0.2) is 18.2 Å². The van der Waals surface area contributed by atoms with Crippen LogP contribution >= 0.6 is 0 Å². The topological polar surface area (TPSA) is 30.5 Å². The summed E-state index contributed by atoms with van der Waals surface area (Å²) in [6.45, 7) is 3.41. The zero-order valence-electron chi connectivity index (χ0n) is 10.9. The molecule has 0 bridgehead atoms. The molecule has 2 unspecified atom stereocenters. The second-order valence-electron chi connectivity index (χ2n) is 4.65. The quantitative estimate of drug-likeness (QED) is 0.895. The van der Waals surface area contributed by atoms with E-state index in [1.54, 1.807) is 6.07 Å². The summed E-state index contributed by atoms with van der Waals surface area (Å²) in [5.74, 6) is 0.348. The van der Waals surface area contributed by atoms with E-state index in [4.69, 9.17) is 9.47 Å². The Morgan fingerprint density at radius 2 is 2.33 bits per heavy atom. The Bertz CT molecular complexity index is 391. The molecule has 1 heterocycles. The maximum absolute atomic E-state index is 13.3. The van der Waals surface area contributed by atoms with Crippen LogP contribution in [0.2, 0.25) is 0 Å². The van der Waals surface area contributed by atoms with Gasteiger partial charge in [0.2, 0.25) is 0 Å². The highest BCUT2D eigenvalue weighted by molar-refractivity contribution is 5.36. The van der Waals surface area contributed by atoms with Crippen molar-refractivity contribution in [3.63, 3.8) is 0 Å². The van der Waals surface area contributed by atoms with E-state index >= 15 is 0 Å². The number of ether oxygens (including phenoxy) is 2. The molecule has 0 radical (unpaired) electrons. The number of rotatable bonds is 4. The second-order valence-corrected chi connectivity index (χ2v) is 4.65. The van der Waals surface area contributed by atoms with Crippen molar-refractivity contribution in [2.75, 3.05) is 20.3 Å². The summed E-state index contributed by atoms with van der Waals surface area (Å²) < 4.78 is 24.6. The number of benzene rings is 1. The van der Waals surface area contributed by atoms with E-state index in [1.165, 1.54) is 12.1 Å². The first kappa shape index (κ1) is 13.3. The van der Waals surface area contributed by atoms with Crippen LogP contribution in [0.5, 0.6) is 5.75 Å². The maximum atomic E-state index is 13.3. The predicted octanol–water partition coefficient (Wildman–Crippen LogP) is 2.66. The highest BCUT2D eigenvalue weighted by Crippen LogP contribution is 2.28. The first-order chi connectivity index (χ1) is 8.70. The first-order valence-corrected chi connectivity index (χ1v) is 6.42. The van der Waals surface area contributed by atoms with Gasteiger partial charge in [0.25, 0.3) is 0 Å². The van der Waals surface area contributed by atoms with Crippen molar-refractivity contribution in [3.05, 3.63) is 29.6 Å². The standard InChI is InChI=1S/C14H20FNO2/c1-10(16-2)13-6-5-11(15)8-14(13)18-12-4-3-7-17-9-12/h5-6,8,10,12,16H,3-4,7,9H2,1-2H3. The highest BCUT2D eigenvalue weighted by Gasteiger charge is 2.19. The van der Waals surface area contributed by atoms with Crippen molar-refractivity contribution >= 4 is 0 Å². The molecule has 18 heavy (non-hydrogen) atoms. The van der Waals surface area contributed by atoms with Crippen molar-refractivity contribution in [2.24, 2.45) is 0 Å². The molecule has 2 atom stereocenters. The average Bonchev–Trinajstić information content (AvgIpc) is 2.39. The fraction of sp³-hybridized carbons (Fsp3) is 0.571. The fourth-order valence-electron chi connectivity index (χ4n) is 2.11. The van der Waals surface area contributed by atoms with Crippen LogP contribution in [0.4, 0.5) is 4.39 Å². The molecule has 1 aliphatic heterocycles. The van der Waals surface area contributed by atoms with Crippen LogP contribution in [0, 0.1) is 5.82 Å². The van der Waals surface area contributed by atoms with Gasteiger partial charge in [-0.15, -0.1) is 0 Å². The van der Waals surface area contributed by atoms with E-state index in [0.29, 0.717) is 12.4 Å². The zero-order chi connectivity index (χ0) is 13.0. The van der Waals surface area contributed by atoms with Gasteiger partial charge in [-0.1, -0.05) is 6.07 Å². The summed E-state index contributed by atoms with van der Waals surface area (Å²) in [6.07, 6.45) is 1.99. The van der Waals surface area contributed by atoms with Crippen molar-refractivity contribution in [1.82, 2.24) is 5.32 Å². The fourth-order valence-corrected chi connectivity index (χ4v) is 2.11. The Morgan fingerprint density at radius 3 is 3.00 bits per heavy atom. The van der Waals surface area contributed by atoms with Gasteiger partial charge in [-0.25, -0.2) is 4.39 Å². The van der Waals surface area contributed by atoms with Gasteiger partial charge in [-0.05, 0) is 32.9 Å². The minimum absolute atomic E-state index is 0.0309. The average molecular weight is 253 g/mol. The molecule has 1 aliphatic rings. The van der Waals surface area contributed by atoms with Crippen LogP contribution in [0.3, 0.4) is 0 Å². The third-order valence-corrected chi connectivity index (χ3v) is 3.29. The van der Waals surface area contributed by atoms with E-state index in [-0.39, 0.29) is 18.0 Å². The number of halogens is 1. The third-order valence-electron chi connectivity index (χ3n) is 3.29. The SMILES string of the molecule is CNC(C)c1ccc(F)cc1OC1CCCOC1. The smallest absolute Gasteiger partial charge is 0.127 e. The maximum Gasteiger partial charge on any atom is 0.127 e. The van der Waals surface area contributed by atoms with E-state index < -0.39 is 0 Å². The lowest BCUT2D eigenvalue weighted by molar-refractivity contribution is 0.00676. The summed E-state index contributed by atoms with van der Waals surface area (Å²) in [5, 5.41) is 3.14. The van der Waals surface area contributed by atoms with E-state index in [0.717, 1.165) is 25.0 Å². The van der Waals surface area contributed by atoms with Gasteiger partial charge in [0.05, 0.1) is 6.61 Å². The van der Waals surface area contributed by atoms with E-state index in [2.05, 4.69) is 5.32 Å². The molecular weight excluding hydrogens is 233 g/mol. The summed E-state index contributed by atoms with van der Waals surface area (Å²) in [6, 6.07) is 4.82. The Hall–Kier alpha value is -1.13. The van der Waals surface area contributed by atoms with Crippen molar-refractivity contribution in [3.8, 4) is 5.75 Å². The predicted molar refractivity (Wildman–Crippen MR) is 68.3 cm³/mol. The lowest BCUT2D eigenvalue weighted by Crippen LogP contribution is -2.28. The molecule has 1 N–H and O–H groups in total.